The summed E-state index contributed by atoms with van der Waals surface area (Å²) >= 11 is 0. The molecule has 2 atom stereocenters. The van der Waals surface area contributed by atoms with E-state index >= 15 is 0 Å². The average molecular weight is 842 g/mol. The van der Waals surface area contributed by atoms with Crippen LogP contribution in [-0.4, -0.2) is 24.9 Å². The van der Waals surface area contributed by atoms with Gasteiger partial charge in [-0.25, -0.2) is 24.9 Å². The fraction of sp³-hybridized carbons (Fsp3) is 0.0328. The molecular formula is C61H39N5. The molecule has 0 saturated heterocycles. The van der Waals surface area contributed by atoms with Crippen LogP contribution in [0.2, 0.25) is 0 Å². The summed E-state index contributed by atoms with van der Waals surface area (Å²) in [4.78, 5) is 25.5. The highest BCUT2D eigenvalue weighted by molar-refractivity contribution is 5.96. The number of benzene rings is 9. The molecule has 66 heavy (non-hydrogen) atoms. The first-order valence-corrected chi connectivity index (χ1v) is 22.5. The van der Waals surface area contributed by atoms with E-state index in [-0.39, 0.29) is 11.8 Å². The van der Waals surface area contributed by atoms with Crippen LogP contribution in [0.25, 0.3) is 90.0 Å². The Bertz CT molecular complexity index is 3600. The van der Waals surface area contributed by atoms with Crippen molar-refractivity contribution in [3.63, 3.8) is 0 Å². The van der Waals surface area contributed by atoms with Gasteiger partial charge >= 0.3 is 0 Å². The Morgan fingerprint density at radius 3 is 1.30 bits per heavy atom. The van der Waals surface area contributed by atoms with E-state index in [0.29, 0.717) is 23.3 Å². The highest BCUT2D eigenvalue weighted by Crippen LogP contribution is 2.56. The Balaban J connectivity index is 0.904. The molecule has 0 amide bonds. The lowest BCUT2D eigenvalue weighted by Gasteiger charge is -2.42. The first-order chi connectivity index (χ1) is 32.7. The van der Waals surface area contributed by atoms with Crippen LogP contribution < -0.4 is 0 Å². The largest absolute Gasteiger partial charge is 0.228 e. The molecule has 2 unspecified atom stereocenters. The van der Waals surface area contributed by atoms with Crippen LogP contribution in [0.3, 0.4) is 0 Å². The van der Waals surface area contributed by atoms with Crippen LogP contribution in [0.5, 0.6) is 0 Å². The van der Waals surface area contributed by atoms with Gasteiger partial charge in [-0.3, -0.25) is 0 Å². The molecule has 5 heteroatoms. The van der Waals surface area contributed by atoms with E-state index in [4.69, 9.17) is 24.9 Å². The molecule has 5 nitrogen and oxygen atoms in total. The minimum Gasteiger partial charge on any atom is -0.228 e. The average Bonchev–Trinajstić information content (AvgIpc) is 3.40. The lowest BCUT2D eigenvalue weighted by Crippen LogP contribution is -2.27. The molecule has 9 aromatic carbocycles. The van der Waals surface area contributed by atoms with E-state index in [1.165, 1.54) is 49.7 Å². The van der Waals surface area contributed by atoms with E-state index < -0.39 is 0 Å². The predicted molar refractivity (Wildman–Crippen MR) is 266 cm³/mol. The number of aromatic nitrogens is 5. The van der Waals surface area contributed by atoms with Crippen molar-refractivity contribution in [1.29, 1.82) is 0 Å². The topological polar surface area (TPSA) is 64.5 Å². The van der Waals surface area contributed by atoms with Crippen LogP contribution in [0.15, 0.2) is 224 Å². The molecule has 0 aliphatic heterocycles. The van der Waals surface area contributed by atoms with E-state index in [1.54, 1.807) is 0 Å². The van der Waals surface area contributed by atoms with Gasteiger partial charge in [0, 0.05) is 45.2 Å². The Labute approximate surface area is 382 Å². The van der Waals surface area contributed by atoms with Crippen molar-refractivity contribution in [2.75, 3.05) is 0 Å². The van der Waals surface area contributed by atoms with Gasteiger partial charge < -0.3 is 0 Å². The van der Waals surface area contributed by atoms with Crippen LogP contribution in [-0.2, 0) is 0 Å². The molecule has 308 valence electrons. The summed E-state index contributed by atoms with van der Waals surface area (Å²) in [5.41, 5.74) is 18.2. The zero-order valence-corrected chi connectivity index (χ0v) is 35.8. The van der Waals surface area contributed by atoms with E-state index in [1.807, 2.05) is 54.6 Å². The summed E-state index contributed by atoms with van der Waals surface area (Å²) in [6.45, 7) is 0. The number of fused-ring (bicyclic) bond motifs is 1. The van der Waals surface area contributed by atoms with Gasteiger partial charge in [-0.2, -0.15) is 0 Å². The zero-order valence-electron chi connectivity index (χ0n) is 35.8. The molecular weight excluding hydrogens is 803 g/mol. The third-order valence-corrected chi connectivity index (χ3v) is 13.3. The molecule has 0 radical (unpaired) electrons. The smallest absolute Gasteiger partial charge is 0.164 e. The Hall–Kier alpha value is -8.67. The first kappa shape index (κ1) is 37.8. The minimum atomic E-state index is 0.0745. The zero-order chi connectivity index (χ0) is 43.6. The van der Waals surface area contributed by atoms with Crippen molar-refractivity contribution in [3.05, 3.63) is 258 Å². The second-order valence-corrected chi connectivity index (χ2v) is 17.2. The highest BCUT2D eigenvalue weighted by atomic mass is 15.0. The maximum atomic E-state index is 5.21. The molecule has 2 bridgehead atoms. The minimum absolute atomic E-state index is 0.0745. The van der Waals surface area contributed by atoms with Gasteiger partial charge in [0.05, 0.1) is 11.4 Å². The maximum absolute atomic E-state index is 5.21. The molecule has 11 aromatic rings. The second kappa shape index (κ2) is 15.5. The highest BCUT2D eigenvalue weighted by Gasteiger charge is 2.41. The summed E-state index contributed by atoms with van der Waals surface area (Å²) in [5.74, 6) is 2.85. The van der Waals surface area contributed by atoms with E-state index in [9.17, 15) is 0 Å². The lowest BCUT2D eigenvalue weighted by molar-refractivity contribution is 0.755. The molecule has 2 heterocycles. The van der Waals surface area contributed by atoms with Gasteiger partial charge in [-0.15, -0.1) is 0 Å². The van der Waals surface area contributed by atoms with E-state index in [2.05, 4.69) is 170 Å². The Morgan fingerprint density at radius 2 is 0.667 bits per heavy atom. The fourth-order valence-corrected chi connectivity index (χ4v) is 10.2. The fourth-order valence-electron chi connectivity index (χ4n) is 10.2. The monoisotopic (exact) mass is 841 g/mol. The number of hydrogen-bond donors (Lipinski definition) is 0. The maximum Gasteiger partial charge on any atom is 0.164 e. The standard InChI is InChI=1S/C61H39N5/c1-4-17-39(18-5-1)58-62-54(37-55(63-58)47-29-15-23-38-16-10-11-26-46(38)47)44-25-14-24-42(34-44)43-30-32-50-52(35-43)56-48-27-12-13-28-49(48)57(50)53-36-45(31-33-51(53)56)61-65-59(40-19-6-2-7-20-40)64-60(66-61)41-21-8-3-9-22-41/h1-37,56-57H. The van der Waals surface area contributed by atoms with Crippen molar-refractivity contribution >= 4 is 10.8 Å². The van der Waals surface area contributed by atoms with Crippen molar-refractivity contribution in [1.82, 2.24) is 24.9 Å². The molecule has 3 aliphatic rings. The van der Waals surface area contributed by atoms with Crippen LogP contribution >= 0.6 is 0 Å². The third kappa shape index (κ3) is 6.43. The quantitative estimate of drug-likeness (QED) is 0.160. The number of hydrogen-bond acceptors (Lipinski definition) is 5. The summed E-state index contributed by atoms with van der Waals surface area (Å²) in [5, 5.41) is 2.35. The molecule has 14 rings (SSSR count). The van der Waals surface area contributed by atoms with Crippen molar-refractivity contribution in [3.8, 4) is 79.2 Å². The molecule has 0 saturated carbocycles. The van der Waals surface area contributed by atoms with Gasteiger partial charge in [-0.05, 0) is 79.5 Å². The molecule has 2 aromatic heterocycles. The Kier molecular flexibility index (Phi) is 8.91. The van der Waals surface area contributed by atoms with Crippen LogP contribution in [0, 0.1) is 0 Å². The van der Waals surface area contributed by atoms with Gasteiger partial charge in [0.1, 0.15) is 0 Å². The van der Waals surface area contributed by atoms with Crippen molar-refractivity contribution < 1.29 is 0 Å². The van der Waals surface area contributed by atoms with Crippen molar-refractivity contribution in [2.24, 2.45) is 0 Å². The number of rotatable bonds is 7. The van der Waals surface area contributed by atoms with Gasteiger partial charge in [0.2, 0.25) is 0 Å². The van der Waals surface area contributed by atoms with Gasteiger partial charge in [0.15, 0.2) is 23.3 Å². The van der Waals surface area contributed by atoms with Crippen LogP contribution in [0.1, 0.15) is 45.2 Å². The first-order valence-electron chi connectivity index (χ1n) is 22.5. The summed E-state index contributed by atoms with van der Waals surface area (Å²) < 4.78 is 0. The lowest BCUT2D eigenvalue weighted by atomic mass is 9.60. The Morgan fingerprint density at radius 1 is 0.242 bits per heavy atom. The normalized spacial score (nSPS) is 14.4. The van der Waals surface area contributed by atoms with Crippen molar-refractivity contribution in [2.45, 2.75) is 11.8 Å². The van der Waals surface area contributed by atoms with Crippen LogP contribution in [0.4, 0.5) is 0 Å². The second-order valence-electron chi connectivity index (χ2n) is 17.2. The summed E-state index contributed by atoms with van der Waals surface area (Å²) in [7, 11) is 0. The van der Waals surface area contributed by atoms with E-state index in [0.717, 1.165) is 50.3 Å². The molecule has 0 fully saturated rings. The third-order valence-electron chi connectivity index (χ3n) is 13.3. The van der Waals surface area contributed by atoms with Gasteiger partial charge in [-0.1, -0.05) is 200 Å². The van der Waals surface area contributed by atoms with Gasteiger partial charge in [0.25, 0.3) is 0 Å². The molecule has 0 N–H and O–H groups in total. The predicted octanol–water partition coefficient (Wildman–Crippen LogP) is 14.5. The molecule has 3 aliphatic carbocycles. The number of nitrogens with zero attached hydrogens (tertiary/aromatic N) is 5. The summed E-state index contributed by atoms with van der Waals surface area (Å²) in [6.07, 6.45) is 0. The summed E-state index contributed by atoms with van der Waals surface area (Å²) in [6, 6.07) is 79.4. The SMILES string of the molecule is c1ccc(-c2nc(-c3cccc(-c4ccc5c(c4)C4c6ccccc6C5c5cc(-c6nc(-c7ccccc7)nc(-c7ccccc7)n6)ccc54)c3)cc(-c3cccc4ccccc34)n2)cc1. The molecule has 0 spiro atoms.